The number of carbonyl (C=O) groups excluding carboxylic acids is 2. The number of hydrogen-bond donors (Lipinski definition) is 3. The molecule has 2 unspecified atom stereocenters. The smallest absolute Gasteiger partial charge is 0.305 e. The van der Waals surface area contributed by atoms with Gasteiger partial charge in [-0.05, 0) is 83.5 Å². The quantitative estimate of drug-likeness (QED) is 0.0244. The molecule has 0 radical (unpaired) electrons. The van der Waals surface area contributed by atoms with Crippen LogP contribution in [-0.4, -0.2) is 47.4 Å². The molecule has 0 aliphatic carbocycles. The molecular formula is C68H127NO5. The average Bonchev–Trinajstić information content (AvgIpc) is 3.40. The largest absolute Gasteiger partial charge is 0.466 e. The van der Waals surface area contributed by atoms with Crippen LogP contribution in [0.1, 0.15) is 348 Å². The number of unbranched alkanes of at least 4 members (excludes halogenated alkanes) is 43. The van der Waals surface area contributed by atoms with Crippen molar-refractivity contribution in [2.45, 2.75) is 360 Å². The molecular weight excluding hydrogens is 911 g/mol. The highest BCUT2D eigenvalue weighted by molar-refractivity contribution is 5.76. The van der Waals surface area contributed by atoms with Crippen LogP contribution in [0.25, 0.3) is 0 Å². The van der Waals surface area contributed by atoms with Gasteiger partial charge in [-0.3, -0.25) is 9.59 Å². The van der Waals surface area contributed by atoms with E-state index in [-0.39, 0.29) is 18.5 Å². The first-order valence-corrected chi connectivity index (χ1v) is 32.9. The van der Waals surface area contributed by atoms with Crippen molar-refractivity contribution in [2.24, 2.45) is 0 Å². The Morgan fingerprint density at radius 1 is 0.392 bits per heavy atom. The van der Waals surface area contributed by atoms with Gasteiger partial charge in [-0.2, -0.15) is 0 Å². The van der Waals surface area contributed by atoms with E-state index in [9.17, 15) is 19.8 Å². The summed E-state index contributed by atoms with van der Waals surface area (Å²) >= 11 is 0. The number of nitrogens with one attached hydrogen (secondary N) is 1. The molecule has 0 rings (SSSR count). The van der Waals surface area contributed by atoms with Crippen LogP contribution in [0.2, 0.25) is 0 Å². The summed E-state index contributed by atoms with van der Waals surface area (Å²) in [6.45, 7) is 4.88. The van der Waals surface area contributed by atoms with Gasteiger partial charge in [0.05, 0.1) is 25.4 Å². The van der Waals surface area contributed by atoms with Crippen molar-refractivity contribution in [1.29, 1.82) is 0 Å². The second-order valence-electron chi connectivity index (χ2n) is 22.5. The second-order valence-corrected chi connectivity index (χ2v) is 22.5. The molecule has 6 heteroatoms. The lowest BCUT2D eigenvalue weighted by molar-refractivity contribution is -0.143. The minimum absolute atomic E-state index is 0.0277. The van der Waals surface area contributed by atoms with Crippen molar-refractivity contribution in [3.05, 3.63) is 48.6 Å². The van der Waals surface area contributed by atoms with Gasteiger partial charge in [0.1, 0.15) is 0 Å². The standard InChI is InChI=1S/C68H127NO5/c1-3-5-7-9-11-13-15-17-19-20-21-22-23-24-25-27-30-33-36-40-44-48-52-56-60-66(71)65(64-70)69-67(72)61-57-53-49-45-41-37-34-31-28-26-29-32-35-39-43-47-51-55-59-63-74-68(73)62-58-54-50-46-42-38-18-16-14-12-10-8-6-4-2/h10,12,16,18,32,35,39,43,65-66,70-71H,3-9,11,13-15,17,19-31,33-34,36-38,40-42,44-64H2,1-2H3,(H,69,72)/b12-10-,18-16-,35-32-,43-39-. The van der Waals surface area contributed by atoms with Gasteiger partial charge in [0, 0.05) is 12.8 Å². The first-order valence-electron chi connectivity index (χ1n) is 32.9. The number of aliphatic hydroxyl groups excluding tert-OH is 2. The predicted molar refractivity (Wildman–Crippen MR) is 324 cm³/mol. The number of rotatable bonds is 61. The van der Waals surface area contributed by atoms with E-state index >= 15 is 0 Å². The minimum Gasteiger partial charge on any atom is -0.466 e. The SMILES string of the molecule is CCCC/C=C\C/C=C\CCCCCCCC(=O)OCCCCC/C=C\C=C/CCCCCCCCCCCCC(=O)NC(CO)C(O)CCCCCCCCCCCCCCCCCCCCCCCCCC. The summed E-state index contributed by atoms with van der Waals surface area (Å²) in [4.78, 5) is 24.6. The number of carbonyl (C=O) groups is 2. The molecule has 0 aromatic heterocycles. The van der Waals surface area contributed by atoms with E-state index in [1.807, 2.05) is 0 Å². The molecule has 0 bridgehead atoms. The second kappa shape index (κ2) is 63.4. The molecule has 1 amide bonds. The maximum Gasteiger partial charge on any atom is 0.305 e. The summed E-state index contributed by atoms with van der Waals surface area (Å²) in [5.74, 6) is -0.0700. The molecule has 2 atom stereocenters. The zero-order valence-corrected chi connectivity index (χ0v) is 49.6. The minimum atomic E-state index is -0.674. The van der Waals surface area contributed by atoms with Crippen molar-refractivity contribution in [3.8, 4) is 0 Å². The normalized spacial score (nSPS) is 12.9. The number of esters is 1. The van der Waals surface area contributed by atoms with Crippen LogP contribution in [0.4, 0.5) is 0 Å². The zero-order chi connectivity index (χ0) is 53.6. The Bertz CT molecular complexity index is 1240. The van der Waals surface area contributed by atoms with Crippen molar-refractivity contribution >= 4 is 11.9 Å². The van der Waals surface area contributed by atoms with Crippen molar-refractivity contribution in [1.82, 2.24) is 5.32 Å². The van der Waals surface area contributed by atoms with E-state index in [0.717, 1.165) is 83.5 Å². The molecule has 434 valence electrons. The highest BCUT2D eigenvalue weighted by Gasteiger charge is 2.20. The third-order valence-corrected chi connectivity index (χ3v) is 15.1. The number of ether oxygens (including phenoxy) is 1. The summed E-state index contributed by atoms with van der Waals surface area (Å²) in [6.07, 6.45) is 81.3. The van der Waals surface area contributed by atoms with Gasteiger partial charge in [0.2, 0.25) is 5.91 Å². The average molecular weight is 1040 g/mol. The molecule has 0 heterocycles. The van der Waals surface area contributed by atoms with Crippen LogP contribution >= 0.6 is 0 Å². The maximum absolute atomic E-state index is 12.5. The first-order chi connectivity index (χ1) is 36.5. The van der Waals surface area contributed by atoms with Gasteiger partial charge in [0.25, 0.3) is 0 Å². The van der Waals surface area contributed by atoms with Gasteiger partial charge in [-0.15, -0.1) is 0 Å². The molecule has 0 aromatic rings. The van der Waals surface area contributed by atoms with E-state index in [4.69, 9.17) is 4.74 Å². The molecule has 0 aliphatic rings. The number of hydrogen-bond acceptors (Lipinski definition) is 5. The van der Waals surface area contributed by atoms with E-state index in [1.165, 1.54) is 231 Å². The highest BCUT2D eigenvalue weighted by atomic mass is 16.5. The van der Waals surface area contributed by atoms with Gasteiger partial charge in [-0.1, -0.05) is 300 Å². The Labute approximate surface area is 461 Å². The summed E-state index contributed by atoms with van der Waals surface area (Å²) in [5.41, 5.74) is 0. The first kappa shape index (κ1) is 71.8. The predicted octanol–water partition coefficient (Wildman–Crippen LogP) is 20.9. The Kier molecular flexibility index (Phi) is 61.5. The number of allylic oxidation sites excluding steroid dienone is 8. The summed E-state index contributed by atoms with van der Waals surface area (Å²) in [5, 5.41) is 23.4. The lowest BCUT2D eigenvalue weighted by atomic mass is 10.0. The lowest BCUT2D eigenvalue weighted by Gasteiger charge is -2.22. The van der Waals surface area contributed by atoms with Crippen molar-refractivity contribution < 1.29 is 24.5 Å². The summed E-state index contributed by atoms with van der Waals surface area (Å²) < 4.78 is 5.45. The molecule has 0 saturated carbocycles. The zero-order valence-electron chi connectivity index (χ0n) is 49.6. The fourth-order valence-corrected chi connectivity index (χ4v) is 10.1. The van der Waals surface area contributed by atoms with Crippen LogP contribution < -0.4 is 5.32 Å². The number of amides is 1. The van der Waals surface area contributed by atoms with Crippen LogP contribution in [0.3, 0.4) is 0 Å². The van der Waals surface area contributed by atoms with Gasteiger partial charge >= 0.3 is 5.97 Å². The Morgan fingerprint density at radius 3 is 1.15 bits per heavy atom. The fraction of sp³-hybridized carbons (Fsp3) is 0.853. The molecule has 0 saturated heterocycles. The Balaban J connectivity index is 3.48. The van der Waals surface area contributed by atoms with E-state index in [2.05, 4.69) is 67.8 Å². The van der Waals surface area contributed by atoms with Crippen LogP contribution in [0.5, 0.6) is 0 Å². The summed E-state index contributed by atoms with van der Waals surface area (Å²) in [6, 6.07) is -0.552. The third-order valence-electron chi connectivity index (χ3n) is 15.1. The molecule has 74 heavy (non-hydrogen) atoms. The maximum atomic E-state index is 12.5. The van der Waals surface area contributed by atoms with Gasteiger partial charge < -0.3 is 20.3 Å². The molecule has 0 aromatic carbocycles. The topological polar surface area (TPSA) is 95.9 Å². The van der Waals surface area contributed by atoms with Crippen molar-refractivity contribution in [3.63, 3.8) is 0 Å². The monoisotopic (exact) mass is 1040 g/mol. The Morgan fingerprint density at radius 2 is 0.730 bits per heavy atom. The van der Waals surface area contributed by atoms with Gasteiger partial charge in [-0.25, -0.2) is 0 Å². The Hall–Kier alpha value is -2.18. The van der Waals surface area contributed by atoms with Crippen LogP contribution in [0.15, 0.2) is 48.6 Å². The van der Waals surface area contributed by atoms with E-state index in [0.29, 0.717) is 25.9 Å². The van der Waals surface area contributed by atoms with Crippen LogP contribution in [0, 0.1) is 0 Å². The third kappa shape index (κ3) is 59.1. The van der Waals surface area contributed by atoms with Crippen molar-refractivity contribution in [2.75, 3.05) is 13.2 Å². The van der Waals surface area contributed by atoms with Gasteiger partial charge in [0.15, 0.2) is 0 Å². The molecule has 0 fully saturated rings. The molecule has 3 N–H and O–H groups in total. The fourth-order valence-electron chi connectivity index (χ4n) is 10.1. The summed E-state index contributed by atoms with van der Waals surface area (Å²) in [7, 11) is 0. The van der Waals surface area contributed by atoms with E-state index < -0.39 is 12.1 Å². The molecule has 0 aliphatic heterocycles. The van der Waals surface area contributed by atoms with E-state index in [1.54, 1.807) is 0 Å². The van der Waals surface area contributed by atoms with Crippen LogP contribution in [-0.2, 0) is 14.3 Å². The number of aliphatic hydroxyl groups is 2. The lowest BCUT2D eigenvalue weighted by Crippen LogP contribution is -2.45. The molecule has 6 nitrogen and oxygen atoms in total. The highest BCUT2D eigenvalue weighted by Crippen LogP contribution is 2.18. The molecule has 0 spiro atoms.